The van der Waals surface area contributed by atoms with E-state index >= 15 is 0 Å². The van der Waals surface area contributed by atoms with Gasteiger partial charge in [-0.2, -0.15) is 0 Å². The molecule has 1 fully saturated rings. The first-order chi connectivity index (χ1) is 9.56. The topological polar surface area (TPSA) is 55.6 Å². The summed E-state index contributed by atoms with van der Waals surface area (Å²) in [5.74, 6) is 0.626. The Kier molecular flexibility index (Phi) is 5.01. The van der Waals surface area contributed by atoms with Gasteiger partial charge in [-0.15, -0.1) is 0 Å². The van der Waals surface area contributed by atoms with Crippen LogP contribution in [0.3, 0.4) is 0 Å². The highest BCUT2D eigenvalue weighted by Crippen LogP contribution is 2.18. The van der Waals surface area contributed by atoms with E-state index in [0.29, 0.717) is 23.3 Å². The van der Waals surface area contributed by atoms with Crippen molar-refractivity contribution in [3.05, 3.63) is 29.8 Å². The fourth-order valence-corrected chi connectivity index (χ4v) is 2.41. The van der Waals surface area contributed by atoms with E-state index in [1.807, 2.05) is 17.0 Å². The zero-order valence-electron chi connectivity index (χ0n) is 12.3. The summed E-state index contributed by atoms with van der Waals surface area (Å²) in [6.07, 6.45) is 2.13. The van der Waals surface area contributed by atoms with Crippen LogP contribution in [0.25, 0.3) is 0 Å². The molecule has 1 heterocycles. The summed E-state index contributed by atoms with van der Waals surface area (Å²) >= 11 is 0. The Labute approximate surface area is 120 Å². The Morgan fingerprint density at radius 3 is 2.70 bits per heavy atom. The number of rotatable bonds is 4. The van der Waals surface area contributed by atoms with Gasteiger partial charge in [0.05, 0.1) is 6.10 Å². The lowest BCUT2D eigenvalue weighted by atomic mass is 10.1. The Balaban J connectivity index is 1.86. The number of anilines is 1. The first-order valence-corrected chi connectivity index (χ1v) is 7.32. The van der Waals surface area contributed by atoms with Crippen LogP contribution in [0.1, 0.15) is 37.0 Å². The van der Waals surface area contributed by atoms with Gasteiger partial charge in [-0.05, 0) is 37.0 Å². The van der Waals surface area contributed by atoms with E-state index in [1.54, 1.807) is 12.1 Å². The second-order valence-electron chi connectivity index (χ2n) is 5.84. The molecule has 0 atom stereocenters. The molecule has 0 unspecified atom stereocenters. The van der Waals surface area contributed by atoms with Gasteiger partial charge in [-0.1, -0.05) is 19.9 Å². The lowest BCUT2D eigenvalue weighted by Gasteiger charge is -2.32. The van der Waals surface area contributed by atoms with Crippen molar-refractivity contribution in [1.82, 2.24) is 4.90 Å². The van der Waals surface area contributed by atoms with Crippen LogP contribution in [-0.2, 0) is 4.74 Å². The maximum absolute atomic E-state index is 12.4. The maximum atomic E-state index is 12.4. The smallest absolute Gasteiger partial charge is 0.253 e. The molecular formula is C16H24N2O2. The fraction of sp³-hybridized carbons (Fsp3) is 0.562. The number of nitrogens with two attached hydrogens (primary N) is 1. The summed E-state index contributed by atoms with van der Waals surface area (Å²) in [5, 5.41) is 0. The molecule has 0 aromatic heterocycles. The highest BCUT2D eigenvalue weighted by molar-refractivity contribution is 5.95. The first kappa shape index (κ1) is 14.9. The molecule has 1 aliphatic rings. The zero-order chi connectivity index (χ0) is 14.5. The fourth-order valence-electron chi connectivity index (χ4n) is 2.41. The molecule has 0 aliphatic carbocycles. The molecule has 2 rings (SSSR count). The SMILES string of the molecule is CC(C)COC1CCN(C(=O)c2cccc(N)c2)CC1. The van der Waals surface area contributed by atoms with Gasteiger partial charge < -0.3 is 15.4 Å². The van der Waals surface area contributed by atoms with E-state index in [-0.39, 0.29) is 5.91 Å². The molecule has 0 saturated carbocycles. The van der Waals surface area contributed by atoms with Crippen LogP contribution in [0.5, 0.6) is 0 Å². The second-order valence-corrected chi connectivity index (χ2v) is 5.84. The molecule has 2 N–H and O–H groups in total. The number of piperidine rings is 1. The Hall–Kier alpha value is -1.55. The van der Waals surface area contributed by atoms with Crippen LogP contribution in [0.2, 0.25) is 0 Å². The minimum atomic E-state index is 0.0691. The maximum Gasteiger partial charge on any atom is 0.253 e. The van der Waals surface area contributed by atoms with Gasteiger partial charge in [0.15, 0.2) is 0 Å². The standard InChI is InChI=1S/C16H24N2O2/c1-12(2)11-20-15-6-8-18(9-7-15)16(19)13-4-3-5-14(17)10-13/h3-5,10,12,15H,6-9,11,17H2,1-2H3. The molecule has 0 radical (unpaired) electrons. The number of benzene rings is 1. The molecule has 0 bridgehead atoms. The number of nitrogens with zero attached hydrogens (tertiary/aromatic N) is 1. The van der Waals surface area contributed by atoms with Crippen LogP contribution >= 0.6 is 0 Å². The highest BCUT2D eigenvalue weighted by atomic mass is 16.5. The number of carbonyl (C=O) groups excluding carboxylic acids is 1. The van der Waals surface area contributed by atoms with Crippen molar-refractivity contribution in [2.75, 3.05) is 25.4 Å². The number of hydrogen-bond acceptors (Lipinski definition) is 3. The molecule has 4 heteroatoms. The van der Waals surface area contributed by atoms with Crippen molar-refractivity contribution in [2.24, 2.45) is 5.92 Å². The summed E-state index contributed by atoms with van der Waals surface area (Å²) < 4.78 is 5.84. The number of ether oxygens (including phenoxy) is 1. The van der Waals surface area contributed by atoms with Gasteiger partial charge in [0.25, 0.3) is 5.91 Å². The van der Waals surface area contributed by atoms with Gasteiger partial charge in [-0.25, -0.2) is 0 Å². The van der Waals surface area contributed by atoms with Crippen molar-refractivity contribution >= 4 is 11.6 Å². The van der Waals surface area contributed by atoms with E-state index in [9.17, 15) is 4.79 Å². The average Bonchev–Trinajstić information content (AvgIpc) is 2.45. The van der Waals surface area contributed by atoms with E-state index in [0.717, 1.165) is 32.5 Å². The number of amides is 1. The van der Waals surface area contributed by atoms with Crippen molar-refractivity contribution in [2.45, 2.75) is 32.8 Å². The van der Waals surface area contributed by atoms with Gasteiger partial charge in [0, 0.05) is 30.9 Å². The summed E-state index contributed by atoms with van der Waals surface area (Å²) in [5.41, 5.74) is 7.03. The van der Waals surface area contributed by atoms with Crippen LogP contribution < -0.4 is 5.73 Å². The van der Waals surface area contributed by atoms with Crippen LogP contribution in [0.15, 0.2) is 24.3 Å². The molecule has 1 saturated heterocycles. The largest absolute Gasteiger partial charge is 0.399 e. The first-order valence-electron chi connectivity index (χ1n) is 7.32. The highest BCUT2D eigenvalue weighted by Gasteiger charge is 2.24. The molecule has 0 spiro atoms. The Bertz CT molecular complexity index is 452. The van der Waals surface area contributed by atoms with E-state index in [4.69, 9.17) is 10.5 Å². The Morgan fingerprint density at radius 1 is 1.40 bits per heavy atom. The minimum Gasteiger partial charge on any atom is -0.399 e. The van der Waals surface area contributed by atoms with Gasteiger partial charge in [0.1, 0.15) is 0 Å². The quantitative estimate of drug-likeness (QED) is 0.860. The third kappa shape index (κ3) is 3.97. The zero-order valence-corrected chi connectivity index (χ0v) is 12.3. The lowest BCUT2D eigenvalue weighted by molar-refractivity contribution is -0.00230. The van der Waals surface area contributed by atoms with Crippen molar-refractivity contribution in [1.29, 1.82) is 0 Å². The third-order valence-electron chi connectivity index (χ3n) is 3.53. The number of likely N-dealkylation sites (tertiary alicyclic amines) is 1. The summed E-state index contributed by atoms with van der Waals surface area (Å²) in [6.45, 7) is 6.62. The molecule has 4 nitrogen and oxygen atoms in total. The molecule has 1 aromatic carbocycles. The average molecular weight is 276 g/mol. The monoisotopic (exact) mass is 276 g/mol. The van der Waals surface area contributed by atoms with E-state index in [1.165, 1.54) is 0 Å². The van der Waals surface area contributed by atoms with Gasteiger partial charge >= 0.3 is 0 Å². The molecule has 1 aliphatic heterocycles. The second kappa shape index (κ2) is 6.75. The number of carbonyl (C=O) groups is 1. The van der Waals surface area contributed by atoms with Crippen LogP contribution in [0.4, 0.5) is 5.69 Å². The van der Waals surface area contributed by atoms with Crippen molar-refractivity contribution < 1.29 is 9.53 Å². The number of nitrogen functional groups attached to an aromatic ring is 1. The summed E-state index contributed by atoms with van der Waals surface area (Å²) in [4.78, 5) is 14.2. The predicted octanol–water partition coefficient (Wildman–Crippen LogP) is 2.55. The molecule has 1 aromatic rings. The number of hydrogen-bond donors (Lipinski definition) is 1. The predicted molar refractivity (Wildman–Crippen MR) is 80.6 cm³/mol. The minimum absolute atomic E-state index is 0.0691. The van der Waals surface area contributed by atoms with Crippen molar-refractivity contribution in [3.8, 4) is 0 Å². The van der Waals surface area contributed by atoms with Crippen LogP contribution in [-0.4, -0.2) is 36.6 Å². The molecule has 110 valence electrons. The van der Waals surface area contributed by atoms with E-state index in [2.05, 4.69) is 13.8 Å². The van der Waals surface area contributed by atoms with Gasteiger partial charge in [-0.3, -0.25) is 4.79 Å². The van der Waals surface area contributed by atoms with Gasteiger partial charge in [0.2, 0.25) is 0 Å². The van der Waals surface area contributed by atoms with E-state index < -0.39 is 0 Å². The molecule has 20 heavy (non-hydrogen) atoms. The molecular weight excluding hydrogens is 252 g/mol. The lowest BCUT2D eigenvalue weighted by Crippen LogP contribution is -2.41. The van der Waals surface area contributed by atoms with Crippen LogP contribution in [0, 0.1) is 5.92 Å². The summed E-state index contributed by atoms with van der Waals surface area (Å²) in [6, 6.07) is 7.17. The van der Waals surface area contributed by atoms with Crippen molar-refractivity contribution in [3.63, 3.8) is 0 Å². The summed E-state index contributed by atoms with van der Waals surface area (Å²) in [7, 11) is 0. The Morgan fingerprint density at radius 2 is 2.10 bits per heavy atom. The molecule has 1 amide bonds. The third-order valence-corrected chi connectivity index (χ3v) is 3.53. The normalized spacial score (nSPS) is 16.6.